The number of unbranched alkanes of at least 4 members (excludes halogenated alkanes) is 2. The SMILES string of the molecule is CCN1/C(=C/C=C/C2=[N+](CCCCCC(=O)ON3C(=O)CCC3=O)c3ccc(S(=O)(=O)[O-])cc3C2(C)C)C(C)(C)c2cc(C)ccc21.[K+]. The van der Waals surface area contributed by atoms with Gasteiger partial charge < -0.3 is 14.3 Å². The first kappa shape index (κ1) is 38.3. The van der Waals surface area contributed by atoms with Gasteiger partial charge in [-0.3, -0.25) is 9.59 Å². The van der Waals surface area contributed by atoms with E-state index in [1.54, 1.807) is 6.07 Å². The number of likely N-dealkylation sites (N-methyl/N-ethyl adjacent to an activating group) is 1. The molecule has 48 heavy (non-hydrogen) atoms. The molecule has 0 atom stereocenters. The third kappa shape index (κ3) is 7.50. The molecular formula is C36H43KN3O7S+. The summed E-state index contributed by atoms with van der Waals surface area (Å²) in [6.45, 7) is 14.2. The van der Waals surface area contributed by atoms with Gasteiger partial charge in [0.2, 0.25) is 5.69 Å². The molecule has 0 saturated carbocycles. The van der Waals surface area contributed by atoms with E-state index in [-0.39, 0.29) is 81.0 Å². The summed E-state index contributed by atoms with van der Waals surface area (Å²) in [4.78, 5) is 42.8. The number of benzene rings is 2. The number of amides is 2. The zero-order valence-electron chi connectivity index (χ0n) is 29.0. The molecule has 3 heterocycles. The molecule has 0 spiro atoms. The molecule has 0 bridgehead atoms. The summed E-state index contributed by atoms with van der Waals surface area (Å²) in [6.07, 6.45) is 8.32. The molecule has 2 aromatic rings. The Labute approximate surface area is 326 Å². The van der Waals surface area contributed by atoms with Crippen molar-refractivity contribution < 1.29 is 88.2 Å². The number of allylic oxidation sites excluding steroid dienone is 4. The third-order valence-corrected chi connectivity index (χ3v) is 10.3. The first-order valence-corrected chi connectivity index (χ1v) is 17.6. The van der Waals surface area contributed by atoms with Crippen LogP contribution in [0.25, 0.3) is 0 Å². The van der Waals surface area contributed by atoms with Crippen LogP contribution in [-0.4, -0.2) is 59.2 Å². The molecule has 5 rings (SSSR count). The molecule has 0 N–H and O–H groups in total. The van der Waals surface area contributed by atoms with E-state index in [1.807, 2.05) is 13.8 Å². The Morgan fingerprint density at radius 1 is 0.979 bits per heavy atom. The van der Waals surface area contributed by atoms with Gasteiger partial charge in [0.15, 0.2) is 5.71 Å². The van der Waals surface area contributed by atoms with Crippen molar-refractivity contribution in [3.63, 3.8) is 0 Å². The van der Waals surface area contributed by atoms with E-state index in [0.717, 1.165) is 23.5 Å². The number of carbonyl (C=O) groups is 3. The molecule has 0 aromatic heterocycles. The maximum atomic E-state index is 12.3. The Hall–Kier alpha value is -2.45. The molecule has 0 aliphatic carbocycles. The number of carbonyl (C=O) groups excluding carboxylic acids is 3. The van der Waals surface area contributed by atoms with E-state index in [9.17, 15) is 27.4 Å². The van der Waals surface area contributed by atoms with Crippen LogP contribution in [0, 0.1) is 6.92 Å². The number of rotatable bonds is 11. The van der Waals surface area contributed by atoms with E-state index in [4.69, 9.17) is 4.84 Å². The molecule has 3 aliphatic rings. The van der Waals surface area contributed by atoms with Crippen LogP contribution in [0.15, 0.2) is 65.2 Å². The number of anilines is 1. The maximum Gasteiger partial charge on any atom is 1.00 e. The Morgan fingerprint density at radius 3 is 2.31 bits per heavy atom. The summed E-state index contributed by atoms with van der Waals surface area (Å²) in [5, 5.41) is 0.566. The average Bonchev–Trinajstić information content (AvgIpc) is 3.51. The van der Waals surface area contributed by atoms with Gasteiger partial charge in [0.05, 0.1) is 10.3 Å². The van der Waals surface area contributed by atoms with E-state index in [2.05, 4.69) is 73.6 Å². The van der Waals surface area contributed by atoms with Crippen LogP contribution in [0.4, 0.5) is 11.4 Å². The number of hydrogen-bond acceptors (Lipinski definition) is 8. The number of hydrogen-bond donors (Lipinski definition) is 0. The van der Waals surface area contributed by atoms with Crippen LogP contribution >= 0.6 is 0 Å². The fraction of sp³-hybridized carbons (Fsp3) is 0.444. The van der Waals surface area contributed by atoms with Gasteiger partial charge in [0, 0.05) is 66.7 Å². The van der Waals surface area contributed by atoms with E-state index in [0.29, 0.717) is 30.9 Å². The number of nitrogens with zero attached hydrogens (tertiary/aromatic N) is 3. The molecule has 10 nitrogen and oxygen atoms in total. The quantitative estimate of drug-likeness (QED) is 0.115. The Bertz CT molecular complexity index is 1830. The molecule has 1 fully saturated rings. The molecule has 2 aromatic carbocycles. The molecular weight excluding hydrogens is 658 g/mol. The van der Waals surface area contributed by atoms with Crippen LogP contribution < -0.4 is 56.3 Å². The predicted molar refractivity (Wildman–Crippen MR) is 177 cm³/mol. The molecule has 12 heteroatoms. The van der Waals surface area contributed by atoms with Crippen molar-refractivity contribution in [2.24, 2.45) is 0 Å². The number of imide groups is 1. The molecule has 1 saturated heterocycles. The zero-order chi connectivity index (χ0) is 34.3. The topological polar surface area (TPSA) is 127 Å². The van der Waals surface area contributed by atoms with E-state index < -0.39 is 33.3 Å². The fourth-order valence-corrected chi connectivity index (χ4v) is 7.43. The standard InChI is InChI=1S/C36H43N3O7S.K/c1-7-37-28-17-15-24(2)22-26(28)35(3,4)30(37)12-11-13-31-36(5,6)27-23-25(47(43,44)45)16-18-29(27)38(31)21-10-8-9-14-34(42)46-39-32(40)19-20-33(39)41;/h11-13,15-18,22-23H,7-10,14,19-21H2,1-6H3;/q;+1. The van der Waals surface area contributed by atoms with Gasteiger partial charge >= 0.3 is 57.4 Å². The van der Waals surface area contributed by atoms with Crippen LogP contribution in [0.2, 0.25) is 0 Å². The minimum Gasteiger partial charge on any atom is -0.744 e. The normalized spacial score (nSPS) is 18.9. The Kier molecular flexibility index (Phi) is 11.8. The second kappa shape index (κ2) is 14.8. The third-order valence-electron chi connectivity index (χ3n) is 9.49. The van der Waals surface area contributed by atoms with Crippen molar-refractivity contribution in [3.05, 3.63) is 77.0 Å². The first-order chi connectivity index (χ1) is 22.1. The Balaban J connectivity index is 0.00000520. The fourth-order valence-electron chi connectivity index (χ4n) is 6.93. The number of aryl methyl sites for hydroxylation is 1. The van der Waals surface area contributed by atoms with Crippen molar-refractivity contribution in [2.75, 3.05) is 18.0 Å². The Morgan fingerprint density at radius 2 is 1.67 bits per heavy atom. The van der Waals surface area contributed by atoms with Crippen LogP contribution in [-0.2, 0) is 40.2 Å². The van der Waals surface area contributed by atoms with Crippen LogP contribution in [0.5, 0.6) is 0 Å². The molecule has 0 unspecified atom stereocenters. The second-order valence-corrected chi connectivity index (χ2v) is 14.8. The van der Waals surface area contributed by atoms with Crippen molar-refractivity contribution in [3.8, 4) is 0 Å². The summed E-state index contributed by atoms with van der Waals surface area (Å²) in [7, 11) is -4.64. The summed E-state index contributed by atoms with van der Waals surface area (Å²) < 4.78 is 37.9. The van der Waals surface area contributed by atoms with Gasteiger partial charge in [-0.2, -0.15) is 4.58 Å². The minimum atomic E-state index is -4.64. The van der Waals surface area contributed by atoms with E-state index >= 15 is 0 Å². The van der Waals surface area contributed by atoms with Gasteiger partial charge in [0.25, 0.3) is 11.8 Å². The summed E-state index contributed by atoms with van der Waals surface area (Å²) in [6, 6.07) is 11.1. The van der Waals surface area contributed by atoms with Gasteiger partial charge in [-0.15, -0.1) is 5.06 Å². The van der Waals surface area contributed by atoms with Gasteiger partial charge in [-0.25, -0.2) is 13.2 Å². The van der Waals surface area contributed by atoms with Crippen molar-refractivity contribution in [1.29, 1.82) is 0 Å². The molecule has 3 aliphatic heterocycles. The minimum absolute atomic E-state index is 0. The number of hydroxylamine groups is 2. The molecule has 250 valence electrons. The molecule has 2 amide bonds. The zero-order valence-corrected chi connectivity index (χ0v) is 32.9. The summed E-state index contributed by atoms with van der Waals surface area (Å²) in [5.74, 6) is -1.63. The second-order valence-electron chi connectivity index (χ2n) is 13.5. The van der Waals surface area contributed by atoms with Crippen LogP contribution in [0.3, 0.4) is 0 Å². The smallest absolute Gasteiger partial charge is 0.744 e. The average molecular weight is 701 g/mol. The van der Waals surface area contributed by atoms with Gasteiger partial charge in [0.1, 0.15) is 16.7 Å². The van der Waals surface area contributed by atoms with Crippen molar-refractivity contribution >= 4 is 45.0 Å². The van der Waals surface area contributed by atoms with E-state index in [1.165, 1.54) is 34.6 Å². The van der Waals surface area contributed by atoms with Gasteiger partial charge in [-0.05, 0) is 70.4 Å². The van der Waals surface area contributed by atoms with Gasteiger partial charge in [-0.1, -0.05) is 37.6 Å². The van der Waals surface area contributed by atoms with Crippen LogP contribution in [0.1, 0.15) is 89.8 Å². The van der Waals surface area contributed by atoms with Crippen molar-refractivity contribution in [1.82, 2.24) is 5.06 Å². The number of fused-ring (bicyclic) bond motifs is 2. The largest absolute Gasteiger partial charge is 1.00 e. The monoisotopic (exact) mass is 700 g/mol. The first-order valence-electron chi connectivity index (χ1n) is 16.2. The maximum absolute atomic E-state index is 12.3. The summed E-state index contributed by atoms with van der Waals surface area (Å²) >= 11 is 0. The predicted octanol–water partition coefficient (Wildman–Crippen LogP) is 2.70. The molecule has 0 radical (unpaired) electrons. The van der Waals surface area contributed by atoms with Crippen molar-refractivity contribution in [2.45, 2.75) is 95.8 Å². The summed E-state index contributed by atoms with van der Waals surface area (Å²) in [5.41, 5.74) is 6.64.